The summed E-state index contributed by atoms with van der Waals surface area (Å²) in [7, 11) is 0. The molecule has 1 unspecified atom stereocenters. The largest absolute Gasteiger partial charge is 0.295 e. The maximum atomic E-state index is 12.4. The Morgan fingerprint density at radius 3 is 2.55 bits per heavy atom. The molecule has 3 fully saturated rings. The van der Waals surface area contributed by atoms with E-state index in [2.05, 4.69) is 60.4 Å². The van der Waals surface area contributed by atoms with Crippen molar-refractivity contribution in [3.05, 3.63) is 81.4 Å². The minimum absolute atomic E-state index is 0.209. The summed E-state index contributed by atoms with van der Waals surface area (Å²) < 4.78 is 12.4. The summed E-state index contributed by atoms with van der Waals surface area (Å²) in [6.07, 6.45) is 12.5. The molecule has 2 aromatic rings. The Morgan fingerprint density at radius 2 is 1.85 bits per heavy atom. The number of aryl methyl sites for hydroxylation is 2. The van der Waals surface area contributed by atoms with Crippen molar-refractivity contribution in [1.29, 1.82) is 0 Å². The first kappa shape index (κ1) is 21.4. The van der Waals surface area contributed by atoms with Crippen LogP contribution >= 0.6 is 0 Å². The van der Waals surface area contributed by atoms with Crippen molar-refractivity contribution in [2.45, 2.75) is 58.3 Å². The molecule has 1 atom stereocenters. The van der Waals surface area contributed by atoms with Crippen LogP contribution in [-0.4, -0.2) is 31.2 Å². The van der Waals surface area contributed by atoms with E-state index < -0.39 is 0 Å². The van der Waals surface area contributed by atoms with Crippen molar-refractivity contribution in [2.75, 3.05) is 26.3 Å². The van der Waals surface area contributed by atoms with Gasteiger partial charge in [-0.25, -0.2) is 0 Å². The van der Waals surface area contributed by atoms with Gasteiger partial charge in [0.15, 0.2) is 0 Å². The van der Waals surface area contributed by atoms with Crippen LogP contribution in [0.4, 0.5) is 4.39 Å². The second-order valence-electron chi connectivity index (χ2n) is 11.1. The summed E-state index contributed by atoms with van der Waals surface area (Å²) in [5.41, 5.74) is 12.5. The van der Waals surface area contributed by atoms with Gasteiger partial charge in [0.25, 0.3) is 0 Å². The number of halogens is 1. The third kappa shape index (κ3) is 4.01. The Labute approximate surface area is 198 Å². The van der Waals surface area contributed by atoms with E-state index in [9.17, 15) is 4.39 Å². The molecule has 1 spiro atoms. The first-order valence-corrected chi connectivity index (χ1v) is 13.1. The molecule has 1 nitrogen and oxygen atoms in total. The maximum Gasteiger partial charge on any atom is 0.0906 e. The number of alkyl halides is 1. The lowest BCUT2D eigenvalue weighted by Gasteiger charge is -2.33. The SMILES string of the molecule is Cc1ccc2c(c1)CCCC(C1CC13CCC3)=C2c1ccc(C=C2CN(CCCF)C2)cc1. The van der Waals surface area contributed by atoms with Crippen molar-refractivity contribution in [3.8, 4) is 0 Å². The highest BCUT2D eigenvalue weighted by Crippen LogP contribution is 2.69. The molecule has 0 N–H and O–H groups in total. The second-order valence-corrected chi connectivity index (χ2v) is 11.1. The van der Waals surface area contributed by atoms with Crippen molar-refractivity contribution in [1.82, 2.24) is 4.90 Å². The maximum absolute atomic E-state index is 12.4. The van der Waals surface area contributed by atoms with E-state index in [4.69, 9.17) is 0 Å². The predicted octanol–water partition coefficient (Wildman–Crippen LogP) is 7.38. The Bertz CT molecular complexity index is 1090. The third-order valence-corrected chi connectivity index (χ3v) is 8.73. The number of likely N-dealkylation sites (tertiary alicyclic amines) is 1. The molecule has 0 radical (unpaired) electrons. The lowest BCUT2D eigenvalue weighted by molar-refractivity contribution is 0.239. The van der Waals surface area contributed by atoms with E-state index in [1.165, 1.54) is 78.3 Å². The smallest absolute Gasteiger partial charge is 0.0906 e. The van der Waals surface area contributed by atoms with Gasteiger partial charge in [-0.2, -0.15) is 0 Å². The molecule has 2 saturated carbocycles. The number of fused-ring (bicyclic) bond motifs is 1. The van der Waals surface area contributed by atoms with Crippen LogP contribution in [0.2, 0.25) is 0 Å². The van der Waals surface area contributed by atoms with Crippen molar-refractivity contribution >= 4 is 11.6 Å². The van der Waals surface area contributed by atoms with Gasteiger partial charge >= 0.3 is 0 Å². The van der Waals surface area contributed by atoms with Gasteiger partial charge in [-0.3, -0.25) is 9.29 Å². The minimum Gasteiger partial charge on any atom is -0.295 e. The number of benzene rings is 2. The van der Waals surface area contributed by atoms with Crippen molar-refractivity contribution in [2.24, 2.45) is 11.3 Å². The highest BCUT2D eigenvalue weighted by molar-refractivity contribution is 5.85. The predicted molar refractivity (Wildman–Crippen MR) is 136 cm³/mol. The van der Waals surface area contributed by atoms with Crippen LogP contribution in [-0.2, 0) is 6.42 Å². The summed E-state index contributed by atoms with van der Waals surface area (Å²) in [6, 6.07) is 16.5. The minimum atomic E-state index is -0.209. The molecule has 1 aliphatic heterocycles. The van der Waals surface area contributed by atoms with Gasteiger partial charge in [-0.1, -0.05) is 66.1 Å². The van der Waals surface area contributed by atoms with Crippen LogP contribution in [0.5, 0.6) is 0 Å². The van der Waals surface area contributed by atoms with Crippen LogP contribution < -0.4 is 0 Å². The van der Waals surface area contributed by atoms with Crippen LogP contribution in [0.1, 0.15) is 72.8 Å². The van der Waals surface area contributed by atoms with E-state index in [1.807, 2.05) is 0 Å². The van der Waals surface area contributed by atoms with Gasteiger partial charge in [0.1, 0.15) is 0 Å². The fourth-order valence-corrected chi connectivity index (χ4v) is 6.70. The normalized spacial score (nSPS) is 23.6. The molecule has 1 saturated heterocycles. The zero-order valence-electron chi connectivity index (χ0n) is 20.0. The monoisotopic (exact) mass is 441 g/mol. The molecule has 0 amide bonds. The fraction of sp³-hybridized carbons (Fsp3) is 0.484. The van der Waals surface area contributed by atoms with Gasteiger partial charge in [0.05, 0.1) is 6.67 Å². The molecule has 33 heavy (non-hydrogen) atoms. The zero-order chi connectivity index (χ0) is 22.4. The molecule has 2 heteroatoms. The van der Waals surface area contributed by atoms with Crippen LogP contribution in [0.25, 0.3) is 11.6 Å². The average Bonchev–Trinajstić information content (AvgIpc) is 3.54. The molecule has 0 aromatic heterocycles. The van der Waals surface area contributed by atoms with Crippen LogP contribution in [0.3, 0.4) is 0 Å². The number of hydrogen-bond donors (Lipinski definition) is 0. The Kier molecular flexibility index (Phi) is 5.53. The average molecular weight is 442 g/mol. The number of rotatable bonds is 6. The summed E-state index contributed by atoms with van der Waals surface area (Å²) in [5.74, 6) is 0.820. The van der Waals surface area contributed by atoms with Gasteiger partial charge in [-0.05, 0) is 96.6 Å². The number of nitrogens with zero attached hydrogens (tertiary/aromatic N) is 1. The molecule has 1 heterocycles. The lowest BCUT2D eigenvalue weighted by atomic mass is 9.76. The molecule has 4 aliphatic rings. The summed E-state index contributed by atoms with van der Waals surface area (Å²) in [5, 5.41) is 0. The van der Waals surface area contributed by atoms with Gasteiger partial charge in [-0.15, -0.1) is 0 Å². The van der Waals surface area contributed by atoms with Gasteiger partial charge < -0.3 is 0 Å². The molecule has 172 valence electrons. The van der Waals surface area contributed by atoms with E-state index >= 15 is 0 Å². The molecule has 0 bridgehead atoms. The Morgan fingerprint density at radius 1 is 1.03 bits per heavy atom. The third-order valence-electron chi connectivity index (χ3n) is 8.73. The fourth-order valence-electron chi connectivity index (χ4n) is 6.70. The summed E-state index contributed by atoms with van der Waals surface area (Å²) >= 11 is 0. The van der Waals surface area contributed by atoms with E-state index in [-0.39, 0.29) is 6.67 Å². The van der Waals surface area contributed by atoms with Crippen molar-refractivity contribution in [3.63, 3.8) is 0 Å². The van der Waals surface area contributed by atoms with Gasteiger partial charge in [0.2, 0.25) is 0 Å². The first-order chi connectivity index (χ1) is 16.1. The second kappa shape index (κ2) is 8.55. The molecule has 3 aliphatic carbocycles. The highest BCUT2D eigenvalue weighted by atomic mass is 19.1. The quantitative estimate of drug-likeness (QED) is 0.452. The topological polar surface area (TPSA) is 3.24 Å². The van der Waals surface area contributed by atoms with E-state index in [0.717, 1.165) is 25.6 Å². The number of allylic oxidation sites excluding steroid dienone is 1. The standard InChI is InChI=1S/C31H36FN/c1-22-7-12-27-26(17-22)5-2-6-28(29-19-31(29)13-3-14-31)30(27)25-10-8-23(9-11-25)18-24-20-33(21-24)16-4-15-32/h7-12,17-18,29H,2-6,13-16,19-21H2,1H3. The number of hydrogen-bond acceptors (Lipinski definition) is 1. The van der Waals surface area contributed by atoms with Gasteiger partial charge in [0, 0.05) is 19.6 Å². The zero-order valence-corrected chi connectivity index (χ0v) is 20.0. The van der Waals surface area contributed by atoms with Crippen LogP contribution in [0, 0.1) is 18.3 Å². The van der Waals surface area contributed by atoms with E-state index in [0.29, 0.717) is 11.8 Å². The Balaban J connectivity index is 1.31. The van der Waals surface area contributed by atoms with E-state index in [1.54, 1.807) is 11.1 Å². The summed E-state index contributed by atoms with van der Waals surface area (Å²) in [4.78, 5) is 2.33. The highest BCUT2D eigenvalue weighted by Gasteiger charge is 2.58. The summed E-state index contributed by atoms with van der Waals surface area (Å²) in [6.45, 7) is 4.88. The van der Waals surface area contributed by atoms with Crippen LogP contribution in [0.15, 0.2) is 53.6 Å². The molecule has 2 aromatic carbocycles. The lowest BCUT2D eigenvalue weighted by Crippen LogP contribution is -2.40. The van der Waals surface area contributed by atoms with Crippen molar-refractivity contribution < 1.29 is 4.39 Å². The first-order valence-electron chi connectivity index (χ1n) is 13.1. The molecular formula is C31H36FN. The molecule has 6 rings (SSSR count). The molecular weight excluding hydrogens is 405 g/mol. The Hall–Kier alpha value is -2.19.